The number of benzene rings is 1. The van der Waals surface area contributed by atoms with E-state index in [1.54, 1.807) is 0 Å². The number of hydrogen-bond donors (Lipinski definition) is 0. The molecular formula is C11H14BrFO2. The van der Waals surface area contributed by atoms with E-state index in [0.29, 0.717) is 23.4 Å². The van der Waals surface area contributed by atoms with Crippen molar-refractivity contribution in [3.05, 3.63) is 23.8 Å². The van der Waals surface area contributed by atoms with Gasteiger partial charge < -0.3 is 9.47 Å². The summed E-state index contributed by atoms with van der Waals surface area (Å²) in [7, 11) is 0. The molecule has 4 heteroatoms. The molecule has 0 N–H and O–H groups in total. The number of rotatable bonds is 6. The molecule has 1 aromatic rings. The zero-order valence-corrected chi connectivity index (χ0v) is 10.2. The minimum absolute atomic E-state index is 0.0596. The first kappa shape index (κ1) is 12.3. The third kappa shape index (κ3) is 3.38. The largest absolute Gasteiger partial charge is 0.490 e. The van der Waals surface area contributed by atoms with E-state index in [4.69, 9.17) is 9.47 Å². The lowest BCUT2D eigenvalue weighted by Crippen LogP contribution is -2.04. The molecule has 0 saturated heterocycles. The molecule has 0 bridgehead atoms. The molecule has 15 heavy (non-hydrogen) atoms. The Labute approximate surface area is 97.5 Å². The molecule has 0 fully saturated rings. The van der Waals surface area contributed by atoms with Crippen LogP contribution in [0.25, 0.3) is 0 Å². The highest BCUT2D eigenvalue weighted by Crippen LogP contribution is 2.32. The standard InChI is InChI=1S/C11H14BrFO2/c1-2-14-10-5-3-4-9(8-12)11(10)15-7-6-13/h3-5H,2,6-8H2,1H3. The van der Waals surface area contributed by atoms with Gasteiger partial charge in [0.2, 0.25) is 0 Å². The highest BCUT2D eigenvalue weighted by Gasteiger charge is 2.09. The highest BCUT2D eigenvalue weighted by molar-refractivity contribution is 9.08. The number of alkyl halides is 2. The molecular weight excluding hydrogens is 263 g/mol. The first-order chi connectivity index (χ1) is 7.33. The SMILES string of the molecule is CCOc1cccc(CBr)c1OCCF. The van der Waals surface area contributed by atoms with Gasteiger partial charge in [0, 0.05) is 10.9 Å². The Hall–Kier alpha value is -0.770. The maximum Gasteiger partial charge on any atom is 0.165 e. The minimum atomic E-state index is -0.498. The van der Waals surface area contributed by atoms with Crippen LogP contribution in [0.4, 0.5) is 4.39 Å². The van der Waals surface area contributed by atoms with Gasteiger partial charge in [0.05, 0.1) is 6.61 Å². The minimum Gasteiger partial charge on any atom is -0.490 e. The Morgan fingerprint density at radius 2 is 2.13 bits per heavy atom. The van der Waals surface area contributed by atoms with Crippen LogP contribution in [-0.4, -0.2) is 19.9 Å². The van der Waals surface area contributed by atoms with Crippen molar-refractivity contribution in [3.63, 3.8) is 0 Å². The highest BCUT2D eigenvalue weighted by atomic mass is 79.9. The number of halogens is 2. The monoisotopic (exact) mass is 276 g/mol. The summed E-state index contributed by atoms with van der Waals surface area (Å²) in [6.07, 6.45) is 0. The average molecular weight is 277 g/mol. The molecule has 0 atom stereocenters. The molecule has 0 aliphatic carbocycles. The van der Waals surface area contributed by atoms with E-state index in [2.05, 4.69) is 15.9 Å². The smallest absolute Gasteiger partial charge is 0.165 e. The van der Waals surface area contributed by atoms with Crippen LogP contribution < -0.4 is 9.47 Å². The Morgan fingerprint density at radius 3 is 2.73 bits per heavy atom. The van der Waals surface area contributed by atoms with Gasteiger partial charge in [-0.15, -0.1) is 0 Å². The van der Waals surface area contributed by atoms with E-state index >= 15 is 0 Å². The van der Waals surface area contributed by atoms with E-state index in [-0.39, 0.29) is 6.61 Å². The Morgan fingerprint density at radius 1 is 1.33 bits per heavy atom. The van der Waals surface area contributed by atoms with Crippen molar-refractivity contribution in [1.82, 2.24) is 0 Å². The second-order valence-corrected chi connectivity index (χ2v) is 3.41. The van der Waals surface area contributed by atoms with Gasteiger partial charge in [0.15, 0.2) is 11.5 Å². The molecule has 0 heterocycles. The Bertz CT molecular complexity index is 305. The summed E-state index contributed by atoms with van der Waals surface area (Å²) in [6, 6.07) is 5.64. The lowest BCUT2D eigenvalue weighted by molar-refractivity contribution is 0.250. The number of ether oxygens (including phenoxy) is 2. The van der Waals surface area contributed by atoms with E-state index < -0.39 is 6.67 Å². The van der Waals surface area contributed by atoms with Gasteiger partial charge in [-0.2, -0.15) is 0 Å². The predicted molar refractivity (Wildman–Crippen MR) is 61.7 cm³/mol. The van der Waals surface area contributed by atoms with Crippen molar-refractivity contribution in [3.8, 4) is 11.5 Å². The first-order valence-electron chi connectivity index (χ1n) is 4.82. The van der Waals surface area contributed by atoms with E-state index in [0.717, 1.165) is 5.56 Å². The zero-order valence-electron chi connectivity index (χ0n) is 8.63. The van der Waals surface area contributed by atoms with Gasteiger partial charge in [-0.25, -0.2) is 4.39 Å². The summed E-state index contributed by atoms with van der Waals surface area (Å²) >= 11 is 3.36. The van der Waals surface area contributed by atoms with Gasteiger partial charge in [-0.3, -0.25) is 0 Å². The van der Waals surface area contributed by atoms with Crippen LogP contribution in [0.5, 0.6) is 11.5 Å². The first-order valence-corrected chi connectivity index (χ1v) is 5.95. The zero-order chi connectivity index (χ0) is 11.1. The Kier molecular flexibility index (Phi) is 5.47. The van der Waals surface area contributed by atoms with Gasteiger partial charge in [-0.1, -0.05) is 28.1 Å². The van der Waals surface area contributed by atoms with Crippen molar-refractivity contribution >= 4 is 15.9 Å². The van der Waals surface area contributed by atoms with Crippen LogP contribution >= 0.6 is 15.9 Å². The number of hydrogen-bond acceptors (Lipinski definition) is 2. The molecule has 2 nitrogen and oxygen atoms in total. The molecule has 0 saturated carbocycles. The van der Waals surface area contributed by atoms with Crippen molar-refractivity contribution < 1.29 is 13.9 Å². The van der Waals surface area contributed by atoms with Gasteiger partial charge >= 0.3 is 0 Å². The van der Waals surface area contributed by atoms with Crippen LogP contribution in [-0.2, 0) is 5.33 Å². The third-order valence-electron chi connectivity index (χ3n) is 1.83. The summed E-state index contributed by atoms with van der Waals surface area (Å²) < 4.78 is 22.8. The quantitative estimate of drug-likeness (QED) is 0.742. The summed E-state index contributed by atoms with van der Waals surface area (Å²) in [6.45, 7) is 2.03. The molecule has 1 aromatic carbocycles. The summed E-state index contributed by atoms with van der Waals surface area (Å²) in [5, 5.41) is 0.662. The van der Waals surface area contributed by atoms with Crippen LogP contribution in [0.2, 0.25) is 0 Å². The van der Waals surface area contributed by atoms with E-state index in [9.17, 15) is 4.39 Å². The van der Waals surface area contributed by atoms with Crippen LogP contribution in [0.15, 0.2) is 18.2 Å². The molecule has 0 unspecified atom stereocenters. The molecule has 0 aromatic heterocycles. The lowest BCUT2D eigenvalue weighted by Gasteiger charge is -2.13. The summed E-state index contributed by atoms with van der Waals surface area (Å²) in [4.78, 5) is 0. The van der Waals surface area contributed by atoms with E-state index in [1.807, 2.05) is 25.1 Å². The molecule has 0 amide bonds. The van der Waals surface area contributed by atoms with Crippen molar-refractivity contribution in [2.45, 2.75) is 12.3 Å². The van der Waals surface area contributed by atoms with Gasteiger partial charge in [0.25, 0.3) is 0 Å². The van der Waals surface area contributed by atoms with Crippen LogP contribution in [0.3, 0.4) is 0 Å². The van der Waals surface area contributed by atoms with Crippen LogP contribution in [0, 0.1) is 0 Å². The van der Waals surface area contributed by atoms with Crippen LogP contribution in [0.1, 0.15) is 12.5 Å². The fraction of sp³-hybridized carbons (Fsp3) is 0.455. The summed E-state index contributed by atoms with van der Waals surface area (Å²) in [5.41, 5.74) is 0.967. The van der Waals surface area contributed by atoms with E-state index in [1.165, 1.54) is 0 Å². The number of para-hydroxylation sites is 1. The normalized spacial score (nSPS) is 10.1. The fourth-order valence-corrected chi connectivity index (χ4v) is 1.68. The molecule has 0 spiro atoms. The molecule has 84 valence electrons. The molecule has 0 radical (unpaired) electrons. The topological polar surface area (TPSA) is 18.5 Å². The maximum absolute atomic E-state index is 12.1. The lowest BCUT2D eigenvalue weighted by atomic mass is 10.2. The second kappa shape index (κ2) is 6.67. The average Bonchev–Trinajstić information content (AvgIpc) is 2.27. The molecule has 0 aliphatic heterocycles. The molecule has 0 aliphatic rings. The van der Waals surface area contributed by atoms with Gasteiger partial charge in [0.1, 0.15) is 13.3 Å². The second-order valence-electron chi connectivity index (χ2n) is 2.85. The maximum atomic E-state index is 12.1. The Balaban J connectivity index is 2.92. The van der Waals surface area contributed by atoms with Crippen molar-refractivity contribution in [1.29, 1.82) is 0 Å². The summed E-state index contributed by atoms with van der Waals surface area (Å²) in [5.74, 6) is 1.30. The third-order valence-corrected chi connectivity index (χ3v) is 2.43. The van der Waals surface area contributed by atoms with Crippen molar-refractivity contribution in [2.24, 2.45) is 0 Å². The van der Waals surface area contributed by atoms with Crippen molar-refractivity contribution in [2.75, 3.05) is 19.9 Å². The molecule has 1 rings (SSSR count). The fourth-order valence-electron chi connectivity index (χ4n) is 1.24. The van der Waals surface area contributed by atoms with Gasteiger partial charge in [-0.05, 0) is 13.0 Å². The predicted octanol–water partition coefficient (Wildman–Crippen LogP) is 3.33.